The molecule has 0 aromatic rings. The van der Waals surface area contributed by atoms with Crippen LogP contribution in [0.2, 0.25) is 0 Å². The van der Waals surface area contributed by atoms with Crippen molar-refractivity contribution in [2.45, 2.75) is 43.9 Å². The predicted octanol–water partition coefficient (Wildman–Crippen LogP) is 2.52. The molecule has 0 N–H and O–H groups in total. The molecule has 0 heterocycles. The summed E-state index contributed by atoms with van der Waals surface area (Å²) in [5, 5.41) is 0. The van der Waals surface area contributed by atoms with Crippen molar-refractivity contribution in [2.75, 3.05) is 0 Å². The zero-order valence-corrected chi connectivity index (χ0v) is 5.94. The van der Waals surface area contributed by atoms with Crippen molar-refractivity contribution in [2.24, 2.45) is 0 Å². The Morgan fingerprint density at radius 1 is 0.636 bits per heavy atom. The number of alkyl halides is 4. The van der Waals surface area contributed by atoms with Gasteiger partial charge in [0.2, 0.25) is 0 Å². The van der Waals surface area contributed by atoms with Crippen molar-refractivity contribution in [1.29, 1.82) is 0 Å². The average Bonchev–Trinajstić information content (AvgIpc) is 2.05. The third-order valence-electron chi connectivity index (χ3n) is 1.95. The molecule has 0 amide bonds. The third kappa shape index (κ3) is 2.07. The fourth-order valence-electron chi connectivity index (χ4n) is 1.19. The molecule has 1 saturated carbocycles. The Morgan fingerprint density at radius 3 is 1.36 bits per heavy atom. The Kier molecular flexibility index (Phi) is 2.73. The first kappa shape index (κ1) is 8.81. The Hall–Kier alpha value is -0.280. The van der Waals surface area contributed by atoms with Gasteiger partial charge in [0, 0.05) is 6.42 Å². The first-order valence-electron chi connectivity index (χ1n) is 3.67. The van der Waals surface area contributed by atoms with Gasteiger partial charge in [0.1, 0.15) is 24.7 Å². The van der Waals surface area contributed by atoms with Crippen LogP contribution in [0.4, 0.5) is 17.6 Å². The molecule has 1 aliphatic carbocycles. The Balaban J connectivity index is 2.51. The van der Waals surface area contributed by atoms with Crippen LogP contribution in [0.25, 0.3) is 0 Å². The third-order valence-corrected chi connectivity index (χ3v) is 1.95. The van der Waals surface area contributed by atoms with Gasteiger partial charge in [-0.15, -0.1) is 0 Å². The van der Waals surface area contributed by atoms with E-state index >= 15 is 0 Å². The molecule has 0 spiro atoms. The second-order valence-corrected chi connectivity index (χ2v) is 2.88. The lowest BCUT2D eigenvalue weighted by atomic mass is 10.1. The van der Waals surface area contributed by atoms with Crippen molar-refractivity contribution in [3.05, 3.63) is 0 Å². The van der Waals surface area contributed by atoms with Gasteiger partial charge in [-0.3, -0.25) is 0 Å². The van der Waals surface area contributed by atoms with Gasteiger partial charge < -0.3 is 0 Å². The molecule has 0 radical (unpaired) electrons. The van der Waals surface area contributed by atoms with Crippen LogP contribution in [0.15, 0.2) is 0 Å². The molecule has 4 unspecified atom stereocenters. The monoisotopic (exact) mass is 170 g/mol. The molecule has 1 fully saturated rings. The topological polar surface area (TPSA) is 0 Å². The summed E-state index contributed by atoms with van der Waals surface area (Å²) in [7, 11) is 0. The SMILES string of the molecule is FC1CCC(F)C(F)CC1F. The van der Waals surface area contributed by atoms with Crippen LogP contribution in [-0.2, 0) is 0 Å². The van der Waals surface area contributed by atoms with Gasteiger partial charge in [0.25, 0.3) is 0 Å². The van der Waals surface area contributed by atoms with Crippen LogP contribution in [-0.4, -0.2) is 24.7 Å². The lowest BCUT2D eigenvalue weighted by Crippen LogP contribution is -2.20. The lowest BCUT2D eigenvalue weighted by Gasteiger charge is -2.09. The van der Waals surface area contributed by atoms with Crippen molar-refractivity contribution < 1.29 is 17.6 Å². The second-order valence-electron chi connectivity index (χ2n) is 2.88. The summed E-state index contributed by atoms with van der Waals surface area (Å²) in [4.78, 5) is 0. The highest BCUT2D eigenvalue weighted by molar-refractivity contribution is 4.82. The number of hydrogen-bond acceptors (Lipinski definition) is 0. The maximum Gasteiger partial charge on any atom is 0.134 e. The van der Waals surface area contributed by atoms with E-state index in [4.69, 9.17) is 0 Å². The van der Waals surface area contributed by atoms with Crippen molar-refractivity contribution in [1.82, 2.24) is 0 Å². The summed E-state index contributed by atoms with van der Waals surface area (Å²) in [6.07, 6.45) is -8.08. The Labute approximate surface area is 62.6 Å². The van der Waals surface area contributed by atoms with E-state index in [-0.39, 0.29) is 12.8 Å². The second kappa shape index (κ2) is 3.41. The summed E-state index contributed by atoms with van der Waals surface area (Å²) < 4.78 is 49.9. The van der Waals surface area contributed by atoms with Crippen LogP contribution in [0, 0.1) is 0 Å². The van der Waals surface area contributed by atoms with E-state index in [0.29, 0.717) is 0 Å². The molecule has 0 saturated heterocycles. The highest BCUT2D eigenvalue weighted by Gasteiger charge is 2.33. The average molecular weight is 170 g/mol. The van der Waals surface area contributed by atoms with E-state index < -0.39 is 31.1 Å². The van der Waals surface area contributed by atoms with E-state index in [2.05, 4.69) is 0 Å². The Bertz CT molecular complexity index is 114. The van der Waals surface area contributed by atoms with Crippen LogP contribution < -0.4 is 0 Å². The van der Waals surface area contributed by atoms with Crippen molar-refractivity contribution in [3.63, 3.8) is 0 Å². The fraction of sp³-hybridized carbons (Fsp3) is 1.00. The molecule has 0 aromatic carbocycles. The van der Waals surface area contributed by atoms with Crippen molar-refractivity contribution >= 4 is 0 Å². The molecule has 1 aliphatic rings. The van der Waals surface area contributed by atoms with Gasteiger partial charge in [0.05, 0.1) is 0 Å². The highest BCUT2D eigenvalue weighted by atomic mass is 19.2. The van der Waals surface area contributed by atoms with Crippen LogP contribution in [0.3, 0.4) is 0 Å². The van der Waals surface area contributed by atoms with E-state index in [1.807, 2.05) is 0 Å². The van der Waals surface area contributed by atoms with Crippen LogP contribution in [0.1, 0.15) is 19.3 Å². The maximum absolute atomic E-state index is 12.5. The van der Waals surface area contributed by atoms with E-state index in [1.165, 1.54) is 0 Å². The summed E-state index contributed by atoms with van der Waals surface area (Å²) in [5.74, 6) is 0. The van der Waals surface area contributed by atoms with Crippen LogP contribution in [0.5, 0.6) is 0 Å². The molecule has 0 aliphatic heterocycles. The predicted molar refractivity (Wildman–Crippen MR) is 33.4 cm³/mol. The molecule has 66 valence electrons. The molecule has 4 atom stereocenters. The minimum atomic E-state index is -1.83. The molecule has 4 heteroatoms. The molecule has 0 aromatic heterocycles. The van der Waals surface area contributed by atoms with Crippen LogP contribution >= 0.6 is 0 Å². The van der Waals surface area contributed by atoms with Gasteiger partial charge >= 0.3 is 0 Å². The van der Waals surface area contributed by atoms with E-state index in [9.17, 15) is 17.6 Å². The summed E-state index contributed by atoms with van der Waals surface area (Å²) in [5.41, 5.74) is 0. The minimum Gasteiger partial charge on any atom is -0.244 e. The number of hydrogen-bond donors (Lipinski definition) is 0. The number of rotatable bonds is 0. The first-order chi connectivity index (χ1) is 5.11. The lowest BCUT2D eigenvalue weighted by molar-refractivity contribution is 0.119. The van der Waals surface area contributed by atoms with Gasteiger partial charge in [-0.05, 0) is 12.8 Å². The summed E-state index contributed by atoms with van der Waals surface area (Å²) in [6, 6.07) is 0. The quantitative estimate of drug-likeness (QED) is 0.387. The summed E-state index contributed by atoms with van der Waals surface area (Å²) in [6.45, 7) is 0. The molecule has 1 rings (SSSR count). The first-order valence-corrected chi connectivity index (χ1v) is 3.67. The van der Waals surface area contributed by atoms with E-state index in [1.54, 1.807) is 0 Å². The van der Waals surface area contributed by atoms with E-state index in [0.717, 1.165) is 0 Å². The smallest absolute Gasteiger partial charge is 0.134 e. The minimum absolute atomic E-state index is 0.206. The normalized spacial score (nSPS) is 46.9. The van der Waals surface area contributed by atoms with Gasteiger partial charge in [-0.2, -0.15) is 0 Å². The largest absolute Gasteiger partial charge is 0.244 e. The summed E-state index contributed by atoms with van der Waals surface area (Å²) >= 11 is 0. The molecular formula is C7H10F4. The maximum atomic E-state index is 12.5. The fourth-order valence-corrected chi connectivity index (χ4v) is 1.19. The van der Waals surface area contributed by atoms with Gasteiger partial charge in [-0.1, -0.05) is 0 Å². The molecule has 0 nitrogen and oxygen atoms in total. The zero-order valence-electron chi connectivity index (χ0n) is 5.94. The highest BCUT2D eigenvalue weighted by Crippen LogP contribution is 2.27. The number of halogens is 4. The molecule has 0 bridgehead atoms. The molecule has 11 heavy (non-hydrogen) atoms. The Morgan fingerprint density at radius 2 is 1.00 bits per heavy atom. The van der Waals surface area contributed by atoms with Gasteiger partial charge in [-0.25, -0.2) is 17.6 Å². The zero-order chi connectivity index (χ0) is 8.43. The van der Waals surface area contributed by atoms with Crippen molar-refractivity contribution in [3.8, 4) is 0 Å². The standard InChI is InChI=1S/C7H10F4/c8-4-1-2-5(9)7(11)3-6(4)10/h4-7H,1-3H2. The molecular weight excluding hydrogens is 160 g/mol. The van der Waals surface area contributed by atoms with Gasteiger partial charge in [0.15, 0.2) is 0 Å².